The molecule has 2 heterocycles. The number of aromatic nitrogens is 2. The van der Waals surface area contributed by atoms with Crippen molar-refractivity contribution in [2.45, 2.75) is 5.03 Å². The molecule has 1 N–H and O–H groups in total. The van der Waals surface area contributed by atoms with Gasteiger partial charge in [-0.25, -0.2) is 9.37 Å². The highest BCUT2D eigenvalue weighted by atomic mass is 35.5. The first kappa shape index (κ1) is 16.8. The van der Waals surface area contributed by atoms with Crippen molar-refractivity contribution in [1.82, 2.24) is 9.38 Å². The molecule has 0 radical (unpaired) electrons. The van der Waals surface area contributed by atoms with E-state index in [9.17, 15) is 12.8 Å². The summed E-state index contributed by atoms with van der Waals surface area (Å²) < 4.78 is 47.8. The highest BCUT2D eigenvalue weighted by Crippen LogP contribution is 2.31. The van der Waals surface area contributed by atoms with Crippen LogP contribution >= 0.6 is 23.2 Å². The molecule has 0 fully saturated rings. The third kappa shape index (κ3) is 2.88. The summed E-state index contributed by atoms with van der Waals surface area (Å²) >= 11 is 11.8. The molecule has 0 unspecified atom stereocenters. The number of hydrogen-bond acceptors (Lipinski definition) is 4. The number of hydrogen-bond donors (Lipinski definition) is 1. The Morgan fingerprint density at radius 1 is 1.29 bits per heavy atom. The molecule has 24 heavy (non-hydrogen) atoms. The van der Waals surface area contributed by atoms with Gasteiger partial charge >= 0.3 is 0 Å². The summed E-state index contributed by atoms with van der Waals surface area (Å²) in [6.45, 7) is 0. The van der Waals surface area contributed by atoms with Crippen LogP contribution in [-0.4, -0.2) is 24.9 Å². The molecule has 1 aromatic carbocycles. The summed E-state index contributed by atoms with van der Waals surface area (Å²) in [6.07, 6.45) is 1.41. The molecule has 3 rings (SSSR count). The summed E-state index contributed by atoms with van der Waals surface area (Å²) in [5.74, 6) is -0.752. The van der Waals surface area contributed by atoms with Crippen LogP contribution in [-0.2, 0) is 10.0 Å². The minimum Gasteiger partial charge on any atom is -0.494 e. The van der Waals surface area contributed by atoms with Gasteiger partial charge in [0.1, 0.15) is 17.1 Å². The van der Waals surface area contributed by atoms with Crippen molar-refractivity contribution in [3.8, 4) is 5.75 Å². The summed E-state index contributed by atoms with van der Waals surface area (Å²) in [4.78, 5) is 3.95. The van der Waals surface area contributed by atoms with Gasteiger partial charge in [0, 0.05) is 17.3 Å². The number of nitrogens with one attached hydrogen (secondary N) is 1. The standard InChI is InChI=1S/C14H10Cl2FN3O3S/c1-23-10-4-2-3-9(17)12(10)19-24(21,22)14-13(16)18-11-7-8(15)5-6-20(11)14/h2-7,19H,1H3. The fourth-order valence-electron chi connectivity index (χ4n) is 2.17. The van der Waals surface area contributed by atoms with E-state index in [0.717, 1.165) is 6.07 Å². The average Bonchev–Trinajstić information content (AvgIpc) is 2.84. The second kappa shape index (κ2) is 6.12. The van der Waals surface area contributed by atoms with Crippen LogP contribution in [0.3, 0.4) is 0 Å². The van der Waals surface area contributed by atoms with E-state index < -0.39 is 15.8 Å². The van der Waals surface area contributed by atoms with E-state index in [2.05, 4.69) is 9.71 Å². The molecule has 6 nitrogen and oxygen atoms in total. The van der Waals surface area contributed by atoms with Gasteiger partial charge in [-0.05, 0) is 18.2 Å². The maximum atomic E-state index is 14.0. The fraction of sp³-hybridized carbons (Fsp3) is 0.0714. The molecule has 0 spiro atoms. The molecule has 2 aromatic heterocycles. The van der Waals surface area contributed by atoms with Crippen molar-refractivity contribution in [3.63, 3.8) is 0 Å². The Balaban J connectivity index is 2.15. The van der Waals surface area contributed by atoms with Crippen molar-refractivity contribution in [2.24, 2.45) is 0 Å². The van der Waals surface area contributed by atoms with Crippen LogP contribution in [0.2, 0.25) is 10.2 Å². The number of nitrogens with zero attached hydrogens (tertiary/aromatic N) is 2. The van der Waals surface area contributed by atoms with Crippen LogP contribution in [0.25, 0.3) is 5.65 Å². The predicted octanol–water partition coefficient (Wildman–Crippen LogP) is 3.59. The van der Waals surface area contributed by atoms with E-state index in [-0.39, 0.29) is 27.3 Å². The number of anilines is 1. The summed E-state index contributed by atoms with van der Waals surface area (Å²) in [7, 11) is -2.94. The third-order valence-corrected chi connectivity index (χ3v) is 5.17. The summed E-state index contributed by atoms with van der Waals surface area (Å²) in [5, 5.41) is -0.224. The zero-order chi connectivity index (χ0) is 17.5. The second-order valence-electron chi connectivity index (χ2n) is 4.70. The van der Waals surface area contributed by atoms with Gasteiger partial charge in [0.15, 0.2) is 16.0 Å². The minimum atomic E-state index is -4.24. The van der Waals surface area contributed by atoms with Crippen LogP contribution in [0.1, 0.15) is 0 Å². The summed E-state index contributed by atoms with van der Waals surface area (Å²) in [5.41, 5.74) is -0.0756. The van der Waals surface area contributed by atoms with Gasteiger partial charge in [-0.15, -0.1) is 0 Å². The lowest BCUT2D eigenvalue weighted by Gasteiger charge is -2.12. The van der Waals surface area contributed by atoms with Crippen molar-refractivity contribution in [3.05, 3.63) is 52.5 Å². The highest BCUT2D eigenvalue weighted by molar-refractivity contribution is 7.92. The first-order valence-electron chi connectivity index (χ1n) is 6.52. The Morgan fingerprint density at radius 3 is 2.75 bits per heavy atom. The van der Waals surface area contributed by atoms with Gasteiger partial charge in [-0.1, -0.05) is 29.3 Å². The van der Waals surface area contributed by atoms with Crippen molar-refractivity contribution in [2.75, 3.05) is 11.8 Å². The SMILES string of the molecule is COc1cccc(F)c1NS(=O)(=O)c1c(Cl)nc2cc(Cl)ccn12. The van der Waals surface area contributed by atoms with E-state index in [1.807, 2.05) is 0 Å². The summed E-state index contributed by atoms with van der Waals surface area (Å²) in [6, 6.07) is 6.87. The van der Waals surface area contributed by atoms with Crippen LogP contribution in [0.4, 0.5) is 10.1 Å². The van der Waals surface area contributed by atoms with E-state index in [4.69, 9.17) is 27.9 Å². The largest absolute Gasteiger partial charge is 0.494 e. The first-order valence-corrected chi connectivity index (χ1v) is 8.76. The zero-order valence-corrected chi connectivity index (χ0v) is 14.5. The van der Waals surface area contributed by atoms with Crippen LogP contribution in [0.5, 0.6) is 5.75 Å². The molecule has 0 saturated carbocycles. The van der Waals surface area contributed by atoms with E-state index in [1.54, 1.807) is 0 Å². The van der Waals surface area contributed by atoms with E-state index in [1.165, 1.54) is 42.0 Å². The molecular weight excluding hydrogens is 380 g/mol. The Labute approximate surface area is 146 Å². The van der Waals surface area contributed by atoms with Crippen LogP contribution in [0.15, 0.2) is 41.6 Å². The highest BCUT2D eigenvalue weighted by Gasteiger charge is 2.27. The van der Waals surface area contributed by atoms with Gasteiger partial charge in [0.25, 0.3) is 10.0 Å². The molecule has 0 saturated heterocycles. The number of halogens is 3. The molecule has 0 atom stereocenters. The smallest absolute Gasteiger partial charge is 0.281 e. The molecule has 0 aliphatic rings. The van der Waals surface area contributed by atoms with Gasteiger partial charge in [-0.3, -0.25) is 9.12 Å². The predicted molar refractivity (Wildman–Crippen MR) is 89.0 cm³/mol. The minimum absolute atomic E-state index is 0.0339. The fourth-order valence-corrected chi connectivity index (χ4v) is 4.05. The van der Waals surface area contributed by atoms with Crippen molar-refractivity contribution in [1.29, 1.82) is 0 Å². The Morgan fingerprint density at radius 2 is 2.04 bits per heavy atom. The molecule has 0 bridgehead atoms. The third-order valence-electron chi connectivity index (χ3n) is 3.19. The lowest BCUT2D eigenvalue weighted by atomic mass is 10.3. The zero-order valence-electron chi connectivity index (χ0n) is 12.1. The molecular formula is C14H10Cl2FN3O3S. The topological polar surface area (TPSA) is 72.7 Å². The number of fused-ring (bicyclic) bond motifs is 1. The Bertz CT molecular complexity index is 1040. The van der Waals surface area contributed by atoms with Gasteiger partial charge < -0.3 is 4.74 Å². The monoisotopic (exact) mass is 389 g/mol. The van der Waals surface area contributed by atoms with Crippen LogP contribution < -0.4 is 9.46 Å². The number of para-hydroxylation sites is 1. The number of rotatable bonds is 4. The second-order valence-corrected chi connectivity index (χ2v) is 7.10. The normalized spacial score (nSPS) is 11.7. The molecule has 0 aliphatic carbocycles. The number of pyridine rings is 1. The van der Waals surface area contributed by atoms with Gasteiger partial charge in [0.2, 0.25) is 0 Å². The quantitative estimate of drug-likeness (QED) is 0.739. The number of imidazole rings is 1. The maximum Gasteiger partial charge on any atom is 0.281 e. The Kier molecular flexibility index (Phi) is 4.29. The molecule has 10 heteroatoms. The van der Waals surface area contributed by atoms with Crippen molar-refractivity contribution < 1.29 is 17.5 Å². The number of sulfonamides is 1. The lowest BCUT2D eigenvalue weighted by molar-refractivity contribution is 0.414. The molecule has 126 valence electrons. The van der Waals surface area contributed by atoms with Gasteiger partial charge in [-0.2, -0.15) is 8.42 Å². The number of ether oxygens (including phenoxy) is 1. The van der Waals surface area contributed by atoms with Crippen molar-refractivity contribution >= 4 is 44.6 Å². The lowest BCUT2D eigenvalue weighted by Crippen LogP contribution is -2.17. The molecule has 0 aliphatic heterocycles. The van der Waals surface area contributed by atoms with Gasteiger partial charge in [0.05, 0.1) is 7.11 Å². The average molecular weight is 390 g/mol. The number of benzene rings is 1. The Hall–Kier alpha value is -2.03. The first-order chi connectivity index (χ1) is 11.3. The maximum absolute atomic E-state index is 14.0. The molecule has 0 amide bonds. The number of methoxy groups -OCH3 is 1. The van der Waals surface area contributed by atoms with E-state index in [0.29, 0.717) is 5.02 Å². The van der Waals surface area contributed by atoms with Crippen LogP contribution in [0, 0.1) is 5.82 Å². The van der Waals surface area contributed by atoms with E-state index >= 15 is 0 Å². The molecule has 3 aromatic rings.